The van der Waals surface area contributed by atoms with Gasteiger partial charge in [-0.15, -0.1) is 0 Å². The number of hydrogen-bond donors (Lipinski definition) is 0. The highest BCUT2D eigenvalue weighted by molar-refractivity contribution is 6.44. The van der Waals surface area contributed by atoms with Gasteiger partial charge in [0, 0.05) is 12.7 Å². The largest absolute Gasteiger partial charge is 0.377 e. The first kappa shape index (κ1) is 13.2. The van der Waals surface area contributed by atoms with E-state index in [2.05, 4.69) is 4.74 Å². The number of ketones is 2. The fourth-order valence-corrected chi connectivity index (χ4v) is 1.61. The molecule has 0 aliphatic rings. The van der Waals surface area contributed by atoms with Crippen molar-refractivity contribution in [3.63, 3.8) is 0 Å². The Balaban J connectivity index is 2.81. The Morgan fingerprint density at radius 3 is 2.62 bits per heavy atom. The van der Waals surface area contributed by atoms with E-state index in [9.17, 15) is 9.59 Å². The number of carbonyl (C=O) groups is 2. The van der Waals surface area contributed by atoms with Crippen molar-refractivity contribution in [2.24, 2.45) is 0 Å². The van der Waals surface area contributed by atoms with E-state index in [1.807, 2.05) is 0 Å². The SMILES string of the molecule is COCC(=O)CC(=O)c1cccc(Cl)c1Cl. The third-order valence-electron chi connectivity index (χ3n) is 1.92. The number of benzene rings is 1. The van der Waals surface area contributed by atoms with Crippen molar-refractivity contribution in [1.29, 1.82) is 0 Å². The molecule has 0 N–H and O–H groups in total. The van der Waals surface area contributed by atoms with E-state index in [4.69, 9.17) is 23.2 Å². The molecule has 0 spiro atoms. The average Bonchev–Trinajstić information content (AvgIpc) is 2.22. The third kappa shape index (κ3) is 3.30. The summed E-state index contributed by atoms with van der Waals surface area (Å²) in [5.41, 5.74) is 0.263. The quantitative estimate of drug-likeness (QED) is 0.604. The maximum atomic E-state index is 11.7. The fourth-order valence-electron chi connectivity index (χ4n) is 1.21. The second kappa shape index (κ2) is 5.99. The lowest BCUT2D eigenvalue weighted by molar-refractivity contribution is -0.121. The predicted octanol–water partition coefficient (Wildman–Crippen LogP) is 2.78. The first-order valence-corrected chi connectivity index (χ1v) is 5.29. The Morgan fingerprint density at radius 2 is 2.00 bits per heavy atom. The summed E-state index contributed by atoms with van der Waals surface area (Å²) >= 11 is 11.6. The summed E-state index contributed by atoms with van der Waals surface area (Å²) in [6.45, 7) is -0.0794. The topological polar surface area (TPSA) is 43.4 Å². The molecule has 1 aromatic rings. The zero-order valence-corrected chi connectivity index (χ0v) is 10.1. The molecule has 16 heavy (non-hydrogen) atoms. The van der Waals surface area contributed by atoms with Crippen molar-refractivity contribution < 1.29 is 14.3 Å². The molecular weight excluding hydrogens is 251 g/mol. The van der Waals surface area contributed by atoms with Gasteiger partial charge in [0.15, 0.2) is 11.6 Å². The lowest BCUT2D eigenvalue weighted by atomic mass is 10.1. The van der Waals surface area contributed by atoms with Crippen LogP contribution in [0.15, 0.2) is 18.2 Å². The summed E-state index contributed by atoms with van der Waals surface area (Å²) in [6, 6.07) is 4.73. The van der Waals surface area contributed by atoms with Gasteiger partial charge in [0.1, 0.15) is 6.61 Å². The maximum Gasteiger partial charge on any atom is 0.171 e. The number of halogens is 2. The average molecular weight is 261 g/mol. The summed E-state index contributed by atoms with van der Waals surface area (Å²) in [4.78, 5) is 22.9. The van der Waals surface area contributed by atoms with Crippen molar-refractivity contribution >= 4 is 34.8 Å². The summed E-state index contributed by atoms with van der Waals surface area (Å²) < 4.78 is 4.63. The molecule has 0 saturated heterocycles. The van der Waals surface area contributed by atoms with Crippen LogP contribution in [0.4, 0.5) is 0 Å². The van der Waals surface area contributed by atoms with E-state index >= 15 is 0 Å². The standard InChI is InChI=1S/C11H10Cl2O3/c1-16-6-7(14)5-10(15)8-3-2-4-9(12)11(8)13/h2-4H,5-6H2,1H3. The molecule has 0 atom stereocenters. The minimum Gasteiger partial charge on any atom is -0.377 e. The van der Waals surface area contributed by atoms with Gasteiger partial charge in [-0.3, -0.25) is 9.59 Å². The van der Waals surface area contributed by atoms with Crippen molar-refractivity contribution in [1.82, 2.24) is 0 Å². The monoisotopic (exact) mass is 260 g/mol. The van der Waals surface area contributed by atoms with Gasteiger partial charge in [-0.2, -0.15) is 0 Å². The van der Waals surface area contributed by atoms with E-state index in [1.165, 1.54) is 13.2 Å². The van der Waals surface area contributed by atoms with Crippen LogP contribution in [0.3, 0.4) is 0 Å². The molecule has 0 unspecified atom stereocenters. The molecule has 5 heteroatoms. The van der Waals surface area contributed by atoms with Crippen LogP contribution in [0.1, 0.15) is 16.8 Å². The minimum atomic E-state index is -0.352. The van der Waals surface area contributed by atoms with Gasteiger partial charge < -0.3 is 4.74 Å². The lowest BCUT2D eigenvalue weighted by Gasteiger charge is -2.04. The highest BCUT2D eigenvalue weighted by Gasteiger charge is 2.15. The Hall–Kier alpha value is -0.900. The van der Waals surface area contributed by atoms with Crippen LogP contribution < -0.4 is 0 Å². The van der Waals surface area contributed by atoms with Crippen LogP contribution in [0.2, 0.25) is 10.0 Å². The normalized spacial score (nSPS) is 10.2. The Bertz CT molecular complexity index is 416. The molecule has 1 rings (SSSR count). The Labute approximate surface area is 103 Å². The van der Waals surface area contributed by atoms with Crippen LogP contribution >= 0.6 is 23.2 Å². The van der Waals surface area contributed by atoms with E-state index in [1.54, 1.807) is 12.1 Å². The first-order chi connectivity index (χ1) is 7.56. The van der Waals surface area contributed by atoms with Crippen molar-refractivity contribution in [3.05, 3.63) is 33.8 Å². The lowest BCUT2D eigenvalue weighted by Crippen LogP contribution is -2.13. The van der Waals surface area contributed by atoms with E-state index in [0.717, 1.165) is 0 Å². The van der Waals surface area contributed by atoms with Crippen molar-refractivity contribution in [2.75, 3.05) is 13.7 Å². The molecule has 1 aromatic carbocycles. The molecule has 0 amide bonds. The number of methoxy groups -OCH3 is 1. The third-order valence-corrected chi connectivity index (χ3v) is 2.73. The molecule has 0 aliphatic carbocycles. The molecular formula is C11H10Cl2O3. The van der Waals surface area contributed by atoms with E-state index in [0.29, 0.717) is 5.02 Å². The number of hydrogen-bond acceptors (Lipinski definition) is 3. The summed E-state index contributed by atoms with van der Waals surface area (Å²) in [5, 5.41) is 0.478. The zero-order valence-electron chi connectivity index (χ0n) is 8.63. The van der Waals surface area contributed by atoms with Gasteiger partial charge in [0.2, 0.25) is 0 Å². The summed E-state index contributed by atoms with van der Waals surface area (Å²) in [7, 11) is 1.40. The first-order valence-electron chi connectivity index (χ1n) is 4.54. The van der Waals surface area contributed by atoms with Crippen LogP contribution in [-0.2, 0) is 9.53 Å². The van der Waals surface area contributed by atoms with Crippen molar-refractivity contribution in [2.45, 2.75) is 6.42 Å². The Morgan fingerprint density at radius 1 is 1.31 bits per heavy atom. The molecule has 0 saturated carbocycles. The smallest absolute Gasteiger partial charge is 0.171 e. The van der Waals surface area contributed by atoms with Crippen LogP contribution in [0.25, 0.3) is 0 Å². The molecule has 0 bridgehead atoms. The van der Waals surface area contributed by atoms with Gasteiger partial charge in [-0.25, -0.2) is 0 Å². The number of ether oxygens (including phenoxy) is 1. The van der Waals surface area contributed by atoms with Gasteiger partial charge in [0.25, 0.3) is 0 Å². The van der Waals surface area contributed by atoms with Gasteiger partial charge >= 0.3 is 0 Å². The summed E-state index contributed by atoms with van der Waals surface area (Å²) in [6.07, 6.45) is -0.228. The molecule has 0 heterocycles. The molecule has 0 aliphatic heterocycles. The van der Waals surface area contributed by atoms with Crippen LogP contribution in [-0.4, -0.2) is 25.3 Å². The zero-order chi connectivity index (χ0) is 12.1. The van der Waals surface area contributed by atoms with E-state index in [-0.39, 0.29) is 35.2 Å². The molecule has 3 nitrogen and oxygen atoms in total. The summed E-state index contributed by atoms with van der Waals surface area (Å²) in [5.74, 6) is -0.641. The molecule has 86 valence electrons. The van der Waals surface area contributed by atoms with Crippen LogP contribution in [0.5, 0.6) is 0 Å². The maximum absolute atomic E-state index is 11.7. The van der Waals surface area contributed by atoms with Crippen LogP contribution in [0, 0.1) is 0 Å². The number of carbonyl (C=O) groups excluding carboxylic acids is 2. The number of Topliss-reactive ketones (excluding diaryl/α,β-unsaturated/α-hetero) is 2. The van der Waals surface area contributed by atoms with Crippen molar-refractivity contribution in [3.8, 4) is 0 Å². The fraction of sp³-hybridized carbons (Fsp3) is 0.273. The van der Waals surface area contributed by atoms with Gasteiger partial charge in [-0.1, -0.05) is 29.3 Å². The second-order valence-electron chi connectivity index (χ2n) is 3.17. The molecule has 0 fully saturated rings. The molecule has 0 aromatic heterocycles. The highest BCUT2D eigenvalue weighted by Crippen LogP contribution is 2.26. The Kier molecular flexibility index (Phi) is 4.93. The predicted molar refractivity (Wildman–Crippen MR) is 62.3 cm³/mol. The second-order valence-corrected chi connectivity index (χ2v) is 3.96. The highest BCUT2D eigenvalue weighted by atomic mass is 35.5. The number of rotatable bonds is 5. The van der Waals surface area contributed by atoms with Gasteiger partial charge in [0.05, 0.1) is 16.5 Å². The van der Waals surface area contributed by atoms with E-state index < -0.39 is 0 Å². The van der Waals surface area contributed by atoms with Gasteiger partial charge in [-0.05, 0) is 12.1 Å². The molecule has 0 radical (unpaired) electrons. The minimum absolute atomic E-state index is 0.0794.